The van der Waals surface area contributed by atoms with Crippen LogP contribution in [0, 0.1) is 0 Å². The molecular formula is C26H33ClN2OS. The minimum Gasteiger partial charge on any atom is -0.475 e. The van der Waals surface area contributed by atoms with Crippen LogP contribution >= 0.6 is 22.9 Å². The Morgan fingerprint density at radius 2 is 1.71 bits per heavy atom. The van der Waals surface area contributed by atoms with Crippen molar-refractivity contribution in [3.63, 3.8) is 0 Å². The first-order valence-corrected chi connectivity index (χ1v) is 12.6. The van der Waals surface area contributed by atoms with Crippen LogP contribution in [0.2, 0.25) is 5.02 Å². The summed E-state index contributed by atoms with van der Waals surface area (Å²) in [7, 11) is 0. The number of rotatable bonds is 12. The molecule has 0 aliphatic rings. The molecule has 0 bridgehead atoms. The maximum absolute atomic E-state index is 6.37. The monoisotopic (exact) mass is 456 g/mol. The predicted molar refractivity (Wildman–Crippen MR) is 136 cm³/mol. The summed E-state index contributed by atoms with van der Waals surface area (Å²) in [5.74, 6) is 0.927. The first kappa shape index (κ1) is 23.8. The Morgan fingerprint density at radius 1 is 1.00 bits per heavy atom. The minimum absolute atomic E-state index is 0.133. The van der Waals surface area contributed by atoms with E-state index in [2.05, 4.69) is 67.1 Å². The first-order valence-electron chi connectivity index (χ1n) is 11.4. The van der Waals surface area contributed by atoms with Crippen molar-refractivity contribution in [2.45, 2.75) is 59.1 Å². The van der Waals surface area contributed by atoms with E-state index in [1.807, 2.05) is 18.2 Å². The largest absolute Gasteiger partial charge is 0.475 e. The molecule has 0 fully saturated rings. The third-order valence-corrected chi connectivity index (χ3v) is 6.53. The number of thiazole rings is 1. The van der Waals surface area contributed by atoms with Crippen LogP contribution in [-0.2, 0) is 0 Å². The zero-order valence-corrected chi connectivity index (χ0v) is 20.4. The van der Waals surface area contributed by atoms with E-state index < -0.39 is 0 Å². The highest BCUT2D eigenvalue weighted by atomic mass is 35.5. The zero-order chi connectivity index (χ0) is 22.1. The van der Waals surface area contributed by atoms with Gasteiger partial charge in [-0.25, -0.2) is 4.98 Å². The Balaban J connectivity index is 1.64. The summed E-state index contributed by atoms with van der Waals surface area (Å²) in [6.07, 6.45) is 10.1. The van der Waals surface area contributed by atoms with Gasteiger partial charge >= 0.3 is 0 Å². The second kappa shape index (κ2) is 12.2. The summed E-state index contributed by atoms with van der Waals surface area (Å²) >= 11 is 7.73. The van der Waals surface area contributed by atoms with Gasteiger partial charge in [-0.05, 0) is 61.2 Å². The summed E-state index contributed by atoms with van der Waals surface area (Å²) in [5.41, 5.74) is 2.08. The van der Waals surface area contributed by atoms with E-state index in [-0.39, 0.29) is 6.23 Å². The van der Waals surface area contributed by atoms with E-state index in [0.29, 0.717) is 0 Å². The van der Waals surface area contributed by atoms with Gasteiger partial charge in [-0.2, -0.15) is 0 Å². The summed E-state index contributed by atoms with van der Waals surface area (Å²) in [6, 6.07) is 14.2. The molecule has 3 rings (SSSR count). The molecule has 5 heteroatoms. The molecule has 166 valence electrons. The molecule has 0 aliphatic heterocycles. The maximum Gasteiger partial charge on any atom is 0.152 e. The Bertz CT molecular complexity index is 959. The molecule has 1 unspecified atom stereocenters. The fourth-order valence-corrected chi connectivity index (χ4v) is 4.53. The van der Waals surface area contributed by atoms with Gasteiger partial charge in [0, 0.05) is 18.1 Å². The Hall–Kier alpha value is -1.88. The van der Waals surface area contributed by atoms with E-state index in [4.69, 9.17) is 16.3 Å². The van der Waals surface area contributed by atoms with Crippen molar-refractivity contribution < 1.29 is 4.74 Å². The minimum atomic E-state index is 0.133. The molecule has 0 saturated carbocycles. The smallest absolute Gasteiger partial charge is 0.152 e. The molecule has 1 heterocycles. The molecule has 3 nitrogen and oxygen atoms in total. The number of hydrogen-bond acceptors (Lipinski definition) is 4. The van der Waals surface area contributed by atoms with Crippen LogP contribution in [0.1, 0.15) is 63.4 Å². The van der Waals surface area contributed by atoms with Crippen LogP contribution in [-0.4, -0.2) is 29.2 Å². The molecule has 0 spiro atoms. The second-order valence-corrected chi connectivity index (χ2v) is 9.29. The van der Waals surface area contributed by atoms with Gasteiger partial charge in [0.25, 0.3) is 0 Å². The molecule has 0 aliphatic carbocycles. The van der Waals surface area contributed by atoms with Crippen LogP contribution in [0.3, 0.4) is 0 Å². The average molecular weight is 457 g/mol. The number of fused-ring (bicyclic) bond motifs is 1. The molecule has 1 aromatic heterocycles. The van der Waals surface area contributed by atoms with Gasteiger partial charge in [0.1, 0.15) is 10.8 Å². The number of halogens is 1. The molecule has 0 amide bonds. The molecule has 3 aromatic rings. The van der Waals surface area contributed by atoms with Gasteiger partial charge < -0.3 is 4.74 Å². The Kier molecular flexibility index (Phi) is 9.38. The van der Waals surface area contributed by atoms with Crippen molar-refractivity contribution >= 4 is 45.3 Å². The molecule has 1 atom stereocenters. The Labute approximate surface area is 195 Å². The van der Waals surface area contributed by atoms with Crippen LogP contribution in [0.15, 0.2) is 42.5 Å². The number of hydrogen-bond donors (Lipinski definition) is 0. The highest BCUT2D eigenvalue weighted by molar-refractivity contribution is 7.19. The standard InChI is InChI=1S/C26H33ClN2OS/c1-4-7-17-29(18-8-5-2)26(6-3)30-22-13-9-20(10-14-22)11-16-25-28-23-19-21(27)12-15-24(23)31-25/h9-16,19,26H,4-8,17-18H2,1-3H3/b16-11+. The summed E-state index contributed by atoms with van der Waals surface area (Å²) in [6.45, 7) is 8.90. The van der Waals surface area contributed by atoms with Gasteiger partial charge in [-0.3, -0.25) is 4.90 Å². The third-order valence-electron chi connectivity index (χ3n) is 5.29. The SMILES string of the molecule is CCCCN(CCCC)C(CC)Oc1ccc(/C=C/c2nc3cc(Cl)ccc3s2)cc1. The lowest BCUT2D eigenvalue weighted by atomic mass is 10.2. The van der Waals surface area contributed by atoms with E-state index >= 15 is 0 Å². The average Bonchev–Trinajstić information content (AvgIpc) is 3.19. The van der Waals surface area contributed by atoms with Crippen LogP contribution in [0.4, 0.5) is 0 Å². The number of aromatic nitrogens is 1. The quantitative estimate of drug-likeness (QED) is 0.257. The molecule has 0 saturated heterocycles. The summed E-state index contributed by atoms with van der Waals surface area (Å²) in [5, 5.41) is 1.70. The molecule has 0 radical (unpaired) electrons. The van der Waals surface area contributed by atoms with Gasteiger partial charge in [-0.1, -0.05) is 63.4 Å². The highest BCUT2D eigenvalue weighted by Gasteiger charge is 2.17. The first-order chi connectivity index (χ1) is 15.1. The zero-order valence-electron chi connectivity index (χ0n) is 18.8. The van der Waals surface area contributed by atoms with E-state index in [1.54, 1.807) is 11.3 Å². The van der Waals surface area contributed by atoms with Crippen LogP contribution < -0.4 is 4.74 Å². The normalized spacial score (nSPS) is 12.8. The van der Waals surface area contributed by atoms with Gasteiger partial charge in [0.05, 0.1) is 10.2 Å². The fraction of sp³-hybridized carbons (Fsp3) is 0.423. The van der Waals surface area contributed by atoms with Crippen molar-refractivity contribution in [2.24, 2.45) is 0 Å². The van der Waals surface area contributed by atoms with Crippen LogP contribution in [0.5, 0.6) is 5.75 Å². The van der Waals surface area contributed by atoms with Crippen molar-refractivity contribution in [3.05, 3.63) is 58.1 Å². The van der Waals surface area contributed by atoms with Crippen molar-refractivity contribution in [3.8, 4) is 5.75 Å². The molecule has 2 aromatic carbocycles. The Morgan fingerprint density at radius 3 is 2.35 bits per heavy atom. The van der Waals surface area contributed by atoms with E-state index in [1.165, 1.54) is 25.7 Å². The number of unbranched alkanes of at least 4 members (excludes halogenated alkanes) is 2. The fourth-order valence-electron chi connectivity index (χ4n) is 3.51. The van der Waals surface area contributed by atoms with Gasteiger partial charge in [0.15, 0.2) is 6.23 Å². The lowest BCUT2D eigenvalue weighted by Gasteiger charge is -2.31. The number of ether oxygens (including phenoxy) is 1. The van der Waals surface area contributed by atoms with E-state index in [9.17, 15) is 0 Å². The summed E-state index contributed by atoms with van der Waals surface area (Å²) < 4.78 is 7.52. The van der Waals surface area contributed by atoms with Crippen molar-refractivity contribution in [1.82, 2.24) is 9.88 Å². The number of nitrogens with zero attached hydrogens (tertiary/aromatic N) is 2. The predicted octanol–water partition coefficient (Wildman–Crippen LogP) is 8.14. The second-order valence-electron chi connectivity index (χ2n) is 7.79. The van der Waals surface area contributed by atoms with E-state index in [0.717, 1.165) is 51.1 Å². The topological polar surface area (TPSA) is 25.4 Å². The maximum atomic E-state index is 6.37. The van der Waals surface area contributed by atoms with Crippen molar-refractivity contribution in [2.75, 3.05) is 13.1 Å². The molecule has 31 heavy (non-hydrogen) atoms. The number of benzene rings is 2. The van der Waals surface area contributed by atoms with Crippen molar-refractivity contribution in [1.29, 1.82) is 0 Å². The molecular weight excluding hydrogens is 424 g/mol. The highest BCUT2D eigenvalue weighted by Crippen LogP contribution is 2.26. The van der Waals surface area contributed by atoms with Crippen LogP contribution in [0.25, 0.3) is 22.4 Å². The lowest BCUT2D eigenvalue weighted by Crippen LogP contribution is -2.40. The summed E-state index contributed by atoms with van der Waals surface area (Å²) in [4.78, 5) is 7.14. The molecule has 0 N–H and O–H groups in total. The third kappa shape index (κ3) is 7.06. The van der Waals surface area contributed by atoms with Gasteiger partial charge in [-0.15, -0.1) is 11.3 Å². The lowest BCUT2D eigenvalue weighted by molar-refractivity contribution is 0.0202. The van der Waals surface area contributed by atoms with Gasteiger partial charge in [0.2, 0.25) is 0 Å².